The zero-order valence-electron chi connectivity index (χ0n) is 12.0. The van der Waals surface area contributed by atoms with Crippen molar-refractivity contribution in [1.82, 2.24) is 10.3 Å². The van der Waals surface area contributed by atoms with Crippen molar-refractivity contribution in [2.45, 2.75) is 27.2 Å². The van der Waals surface area contributed by atoms with Gasteiger partial charge in [0.2, 0.25) is 0 Å². The number of nitrogens with zero attached hydrogens (tertiary/aromatic N) is 2. The number of pyridine rings is 1. The van der Waals surface area contributed by atoms with Gasteiger partial charge < -0.3 is 10.6 Å². The van der Waals surface area contributed by atoms with E-state index < -0.39 is 10.8 Å². The predicted molar refractivity (Wildman–Crippen MR) is 76.8 cm³/mol. The molecule has 0 saturated heterocycles. The molecule has 0 aliphatic rings. The van der Waals surface area contributed by atoms with E-state index in [4.69, 9.17) is 0 Å². The number of nitrogens with one attached hydrogen (secondary N) is 2. The standard InChI is InChI=1S/C13H20N4O3/c1-4-14-12-7-10(11(8-16-12)17(19)20)13(18)15-6-5-9(2)3/h7-9H,4-6H2,1-3H3,(H,14,16)(H,15,18). The van der Waals surface area contributed by atoms with E-state index in [1.807, 2.05) is 20.8 Å². The highest BCUT2D eigenvalue weighted by Crippen LogP contribution is 2.20. The molecule has 0 bridgehead atoms. The van der Waals surface area contributed by atoms with Crippen molar-refractivity contribution in [3.8, 4) is 0 Å². The number of carbonyl (C=O) groups excluding carboxylic acids is 1. The van der Waals surface area contributed by atoms with E-state index in [2.05, 4.69) is 15.6 Å². The highest BCUT2D eigenvalue weighted by molar-refractivity contribution is 5.98. The average Bonchev–Trinajstić information content (AvgIpc) is 2.38. The minimum Gasteiger partial charge on any atom is -0.370 e. The summed E-state index contributed by atoms with van der Waals surface area (Å²) in [5, 5.41) is 16.6. The first kappa shape index (κ1) is 15.9. The van der Waals surface area contributed by atoms with Crippen LogP contribution in [0.1, 0.15) is 37.6 Å². The van der Waals surface area contributed by atoms with Gasteiger partial charge in [-0.1, -0.05) is 13.8 Å². The van der Waals surface area contributed by atoms with Crippen LogP contribution in [0.5, 0.6) is 0 Å². The quantitative estimate of drug-likeness (QED) is 0.589. The van der Waals surface area contributed by atoms with Crippen LogP contribution in [0, 0.1) is 16.0 Å². The fraction of sp³-hybridized carbons (Fsp3) is 0.538. The Labute approximate surface area is 117 Å². The van der Waals surface area contributed by atoms with E-state index in [-0.39, 0.29) is 11.3 Å². The molecule has 7 heteroatoms. The fourth-order valence-electron chi connectivity index (χ4n) is 1.62. The van der Waals surface area contributed by atoms with Gasteiger partial charge in [0.15, 0.2) is 0 Å². The van der Waals surface area contributed by atoms with Gasteiger partial charge in [0.1, 0.15) is 17.6 Å². The molecule has 1 amide bonds. The molecular weight excluding hydrogens is 260 g/mol. The third-order valence-corrected chi connectivity index (χ3v) is 2.69. The van der Waals surface area contributed by atoms with Crippen LogP contribution < -0.4 is 10.6 Å². The minimum atomic E-state index is -0.597. The van der Waals surface area contributed by atoms with Crippen molar-refractivity contribution < 1.29 is 9.72 Å². The average molecular weight is 280 g/mol. The van der Waals surface area contributed by atoms with Crippen LogP contribution in [-0.4, -0.2) is 28.9 Å². The number of rotatable bonds is 7. The van der Waals surface area contributed by atoms with E-state index in [1.54, 1.807) is 0 Å². The SMILES string of the molecule is CCNc1cc(C(=O)NCCC(C)C)c([N+](=O)[O-])cn1. The number of amides is 1. The second kappa shape index (κ2) is 7.42. The summed E-state index contributed by atoms with van der Waals surface area (Å²) in [6.45, 7) is 7.09. The maximum Gasteiger partial charge on any atom is 0.300 e. The van der Waals surface area contributed by atoms with Gasteiger partial charge in [0.05, 0.1) is 4.92 Å². The lowest BCUT2D eigenvalue weighted by molar-refractivity contribution is -0.385. The zero-order valence-corrected chi connectivity index (χ0v) is 12.0. The summed E-state index contributed by atoms with van der Waals surface area (Å²) < 4.78 is 0. The highest BCUT2D eigenvalue weighted by atomic mass is 16.6. The minimum absolute atomic E-state index is 0.0321. The van der Waals surface area contributed by atoms with Gasteiger partial charge in [-0.3, -0.25) is 14.9 Å². The monoisotopic (exact) mass is 280 g/mol. The van der Waals surface area contributed by atoms with Crippen LogP contribution in [0.4, 0.5) is 11.5 Å². The van der Waals surface area contributed by atoms with Gasteiger partial charge >= 0.3 is 0 Å². The van der Waals surface area contributed by atoms with Crippen molar-refractivity contribution in [3.63, 3.8) is 0 Å². The third kappa shape index (κ3) is 4.49. The summed E-state index contributed by atoms with van der Waals surface area (Å²) in [5.74, 6) is 0.464. The molecule has 1 heterocycles. The Morgan fingerprint density at radius 2 is 2.20 bits per heavy atom. The molecule has 0 aromatic carbocycles. The largest absolute Gasteiger partial charge is 0.370 e. The topological polar surface area (TPSA) is 97.2 Å². The van der Waals surface area contributed by atoms with Crippen molar-refractivity contribution in [1.29, 1.82) is 0 Å². The van der Waals surface area contributed by atoms with Gasteiger partial charge in [0.25, 0.3) is 11.6 Å². The summed E-state index contributed by atoms with van der Waals surface area (Å²) in [5.41, 5.74) is -0.251. The second-order valence-corrected chi connectivity index (χ2v) is 4.81. The normalized spacial score (nSPS) is 10.4. The Morgan fingerprint density at radius 1 is 1.50 bits per heavy atom. The van der Waals surface area contributed by atoms with E-state index in [9.17, 15) is 14.9 Å². The maximum atomic E-state index is 12.0. The van der Waals surface area contributed by atoms with Gasteiger partial charge in [-0.05, 0) is 19.3 Å². The van der Waals surface area contributed by atoms with Crippen molar-refractivity contribution >= 4 is 17.4 Å². The molecule has 0 atom stereocenters. The van der Waals surface area contributed by atoms with E-state index in [0.717, 1.165) is 12.6 Å². The van der Waals surface area contributed by atoms with Gasteiger partial charge in [-0.15, -0.1) is 0 Å². The number of hydrogen-bond acceptors (Lipinski definition) is 5. The smallest absolute Gasteiger partial charge is 0.300 e. The summed E-state index contributed by atoms with van der Waals surface area (Å²) in [4.78, 5) is 26.3. The van der Waals surface area contributed by atoms with Crippen LogP contribution in [0.3, 0.4) is 0 Å². The number of nitro groups is 1. The van der Waals surface area contributed by atoms with Gasteiger partial charge in [0, 0.05) is 19.2 Å². The highest BCUT2D eigenvalue weighted by Gasteiger charge is 2.21. The maximum absolute atomic E-state index is 12.0. The molecule has 0 unspecified atom stereocenters. The Hall–Kier alpha value is -2.18. The molecule has 0 fully saturated rings. The van der Waals surface area contributed by atoms with Crippen LogP contribution in [0.15, 0.2) is 12.3 Å². The number of anilines is 1. The lowest BCUT2D eigenvalue weighted by Crippen LogP contribution is -2.26. The Morgan fingerprint density at radius 3 is 2.75 bits per heavy atom. The molecule has 0 spiro atoms. The molecule has 2 N–H and O–H groups in total. The second-order valence-electron chi connectivity index (χ2n) is 4.81. The molecule has 1 aromatic rings. The summed E-state index contributed by atoms with van der Waals surface area (Å²) >= 11 is 0. The lowest BCUT2D eigenvalue weighted by atomic mass is 10.1. The molecule has 0 aliphatic carbocycles. The van der Waals surface area contributed by atoms with Crippen LogP contribution in [0.25, 0.3) is 0 Å². The zero-order chi connectivity index (χ0) is 15.1. The Bertz CT molecular complexity index is 489. The number of carbonyl (C=O) groups is 1. The summed E-state index contributed by atoms with van der Waals surface area (Å²) in [6.07, 6.45) is 1.93. The summed E-state index contributed by atoms with van der Waals surface area (Å²) in [6, 6.07) is 1.41. The van der Waals surface area contributed by atoms with Crippen LogP contribution in [-0.2, 0) is 0 Å². The van der Waals surface area contributed by atoms with E-state index >= 15 is 0 Å². The van der Waals surface area contributed by atoms with E-state index in [0.29, 0.717) is 24.8 Å². The van der Waals surface area contributed by atoms with Crippen LogP contribution in [0.2, 0.25) is 0 Å². The van der Waals surface area contributed by atoms with Crippen molar-refractivity contribution in [2.24, 2.45) is 5.92 Å². The van der Waals surface area contributed by atoms with Gasteiger partial charge in [-0.2, -0.15) is 0 Å². The molecule has 0 saturated carbocycles. The first-order valence-electron chi connectivity index (χ1n) is 6.62. The predicted octanol–water partition coefficient (Wildman–Crippen LogP) is 2.20. The van der Waals surface area contributed by atoms with Crippen molar-refractivity contribution in [2.75, 3.05) is 18.4 Å². The molecule has 1 rings (SSSR count). The molecule has 20 heavy (non-hydrogen) atoms. The Balaban J connectivity index is 2.91. The molecule has 0 radical (unpaired) electrons. The first-order chi connectivity index (χ1) is 9.45. The molecule has 0 aliphatic heterocycles. The first-order valence-corrected chi connectivity index (χ1v) is 6.62. The number of hydrogen-bond donors (Lipinski definition) is 2. The van der Waals surface area contributed by atoms with Crippen molar-refractivity contribution in [3.05, 3.63) is 27.9 Å². The molecule has 1 aromatic heterocycles. The summed E-state index contributed by atoms with van der Waals surface area (Å²) in [7, 11) is 0. The number of aromatic nitrogens is 1. The molecular formula is C13H20N4O3. The molecule has 110 valence electrons. The Kier molecular flexibility index (Phi) is 5.89. The van der Waals surface area contributed by atoms with Crippen LogP contribution >= 0.6 is 0 Å². The lowest BCUT2D eigenvalue weighted by Gasteiger charge is -2.09. The third-order valence-electron chi connectivity index (χ3n) is 2.69. The van der Waals surface area contributed by atoms with Gasteiger partial charge in [-0.25, -0.2) is 4.98 Å². The molecule has 7 nitrogen and oxygen atoms in total. The fourth-order valence-corrected chi connectivity index (χ4v) is 1.62. The van der Waals surface area contributed by atoms with E-state index in [1.165, 1.54) is 6.07 Å².